The van der Waals surface area contributed by atoms with Crippen LogP contribution >= 0.6 is 22.7 Å². The van der Waals surface area contributed by atoms with E-state index in [1.54, 1.807) is 29.9 Å². The number of aromatic nitrogens is 2. The van der Waals surface area contributed by atoms with Gasteiger partial charge in [0.25, 0.3) is 10.0 Å². The number of thiazole rings is 1. The average Bonchev–Trinajstić information content (AvgIpc) is 3.09. The number of hydrogen-bond donors (Lipinski definition) is 1. The Bertz CT molecular complexity index is 840. The number of sulfonamides is 1. The molecule has 0 bridgehead atoms. The molecule has 0 aliphatic heterocycles. The third-order valence-electron chi connectivity index (χ3n) is 2.70. The Morgan fingerprint density at radius 1 is 1.24 bits per heavy atom. The summed E-state index contributed by atoms with van der Waals surface area (Å²) in [6.45, 7) is 1.85. The van der Waals surface area contributed by atoms with Gasteiger partial charge in [0.1, 0.15) is 4.21 Å². The van der Waals surface area contributed by atoms with Gasteiger partial charge in [-0.15, -0.1) is 11.3 Å². The van der Waals surface area contributed by atoms with Gasteiger partial charge in [-0.3, -0.25) is 9.71 Å². The average molecular weight is 337 g/mol. The largest absolute Gasteiger partial charge is 0.273 e. The predicted octanol–water partition coefficient (Wildman–Crippen LogP) is 3.38. The molecule has 3 aromatic heterocycles. The van der Waals surface area contributed by atoms with Gasteiger partial charge >= 0.3 is 0 Å². The van der Waals surface area contributed by atoms with Gasteiger partial charge in [0.05, 0.1) is 10.6 Å². The summed E-state index contributed by atoms with van der Waals surface area (Å²) < 4.78 is 27.1. The van der Waals surface area contributed by atoms with Crippen molar-refractivity contribution in [1.82, 2.24) is 9.97 Å². The van der Waals surface area contributed by atoms with Crippen LogP contribution in [0.3, 0.4) is 0 Å². The fourth-order valence-corrected chi connectivity index (χ4v) is 4.97. The van der Waals surface area contributed by atoms with Gasteiger partial charge in [-0.2, -0.15) is 0 Å². The summed E-state index contributed by atoms with van der Waals surface area (Å²) in [4.78, 5) is 9.26. The molecule has 0 fully saturated rings. The fraction of sp³-hybridized carbons (Fsp3) is 0.0769. The molecule has 3 heterocycles. The van der Waals surface area contributed by atoms with Crippen molar-refractivity contribution in [3.63, 3.8) is 0 Å². The Morgan fingerprint density at radius 2 is 2.10 bits per heavy atom. The molecule has 0 aliphatic carbocycles. The number of thiophene rings is 1. The van der Waals surface area contributed by atoms with Crippen molar-refractivity contribution < 1.29 is 8.42 Å². The minimum absolute atomic E-state index is 0.276. The summed E-state index contributed by atoms with van der Waals surface area (Å²) in [6.07, 6.45) is 3.43. The molecule has 1 N–H and O–H groups in total. The Balaban J connectivity index is 1.92. The zero-order valence-corrected chi connectivity index (χ0v) is 13.4. The topological polar surface area (TPSA) is 72.0 Å². The lowest BCUT2D eigenvalue weighted by Gasteiger charge is -2.01. The van der Waals surface area contributed by atoms with Gasteiger partial charge in [0.15, 0.2) is 5.13 Å². The summed E-state index contributed by atoms with van der Waals surface area (Å²) in [6, 6.07) is 7.03. The van der Waals surface area contributed by atoms with Crippen molar-refractivity contribution in [1.29, 1.82) is 0 Å². The minimum Gasteiger partial charge on any atom is -0.264 e. The summed E-state index contributed by atoms with van der Waals surface area (Å²) >= 11 is 2.47. The van der Waals surface area contributed by atoms with Crippen LogP contribution in [0.4, 0.5) is 5.13 Å². The third-order valence-corrected chi connectivity index (χ3v) is 6.69. The maximum atomic E-state index is 12.2. The zero-order valence-electron chi connectivity index (χ0n) is 11.0. The smallest absolute Gasteiger partial charge is 0.264 e. The van der Waals surface area contributed by atoms with Crippen molar-refractivity contribution >= 4 is 37.8 Å². The molecule has 0 unspecified atom stereocenters. The number of rotatable bonds is 4. The van der Waals surface area contributed by atoms with Gasteiger partial charge in [0.2, 0.25) is 0 Å². The van der Waals surface area contributed by atoms with E-state index >= 15 is 0 Å². The Kier molecular flexibility index (Phi) is 3.75. The molecule has 0 spiro atoms. The number of aryl methyl sites for hydroxylation is 1. The first-order valence-corrected chi connectivity index (χ1v) is 9.18. The maximum Gasteiger partial charge on any atom is 0.273 e. The number of anilines is 1. The molecule has 5 nitrogen and oxygen atoms in total. The molecule has 3 aromatic rings. The van der Waals surface area contributed by atoms with E-state index in [0.717, 1.165) is 16.1 Å². The van der Waals surface area contributed by atoms with Crippen molar-refractivity contribution in [3.05, 3.63) is 47.7 Å². The second kappa shape index (κ2) is 5.55. The highest BCUT2D eigenvalue weighted by molar-refractivity contribution is 7.94. The van der Waals surface area contributed by atoms with Gasteiger partial charge in [-0.25, -0.2) is 13.4 Å². The molecular formula is C13H11N3O2S3. The van der Waals surface area contributed by atoms with Crippen LogP contribution in [0, 0.1) is 6.92 Å². The molecule has 21 heavy (non-hydrogen) atoms. The SMILES string of the molecule is Cc1nc(NS(=O)(=O)c2cccs2)sc1-c1cccnc1. The lowest BCUT2D eigenvalue weighted by molar-refractivity contribution is 0.603. The van der Waals surface area contributed by atoms with Gasteiger partial charge < -0.3 is 0 Å². The first-order chi connectivity index (χ1) is 10.1. The molecule has 0 saturated heterocycles. The highest BCUT2D eigenvalue weighted by Crippen LogP contribution is 2.33. The van der Waals surface area contributed by atoms with E-state index in [1.165, 1.54) is 22.7 Å². The molecule has 108 valence electrons. The number of nitrogens with zero attached hydrogens (tertiary/aromatic N) is 2. The molecule has 0 atom stereocenters. The number of hydrogen-bond acceptors (Lipinski definition) is 6. The summed E-state index contributed by atoms with van der Waals surface area (Å²) in [5.74, 6) is 0. The molecule has 0 aliphatic rings. The van der Waals surface area contributed by atoms with Crippen LogP contribution in [-0.2, 0) is 10.0 Å². The lowest BCUT2D eigenvalue weighted by Crippen LogP contribution is -2.11. The Labute approximate surface area is 130 Å². The highest BCUT2D eigenvalue weighted by Gasteiger charge is 2.18. The second-order valence-electron chi connectivity index (χ2n) is 4.21. The van der Waals surface area contributed by atoms with E-state index < -0.39 is 10.0 Å². The van der Waals surface area contributed by atoms with E-state index in [9.17, 15) is 8.42 Å². The quantitative estimate of drug-likeness (QED) is 0.792. The zero-order chi connectivity index (χ0) is 14.9. The molecule has 3 rings (SSSR count). The van der Waals surface area contributed by atoms with Crippen molar-refractivity contribution in [2.24, 2.45) is 0 Å². The normalized spacial score (nSPS) is 11.5. The first-order valence-electron chi connectivity index (χ1n) is 6.00. The highest BCUT2D eigenvalue weighted by atomic mass is 32.2. The Hall–Kier alpha value is -1.77. The van der Waals surface area contributed by atoms with E-state index in [0.29, 0.717) is 5.13 Å². The molecule has 8 heteroatoms. The molecule has 0 saturated carbocycles. The van der Waals surface area contributed by atoms with Crippen LogP contribution < -0.4 is 4.72 Å². The van der Waals surface area contributed by atoms with Crippen LogP contribution in [0.2, 0.25) is 0 Å². The van der Waals surface area contributed by atoms with E-state index in [-0.39, 0.29) is 4.21 Å². The van der Waals surface area contributed by atoms with Crippen LogP contribution in [0.5, 0.6) is 0 Å². The van der Waals surface area contributed by atoms with E-state index in [2.05, 4.69) is 14.7 Å². The first kappa shape index (κ1) is 14.2. The molecule has 0 amide bonds. The fourth-order valence-electron chi connectivity index (χ4n) is 1.79. The standard InChI is InChI=1S/C13H11N3O2S3/c1-9-12(10-4-2-6-14-8-10)20-13(15-9)16-21(17,18)11-5-3-7-19-11/h2-8H,1H3,(H,15,16). The van der Waals surface area contributed by atoms with E-state index in [1.807, 2.05) is 19.1 Å². The Morgan fingerprint density at radius 3 is 2.76 bits per heavy atom. The minimum atomic E-state index is -3.55. The van der Waals surface area contributed by atoms with Gasteiger partial charge in [-0.05, 0) is 24.4 Å². The lowest BCUT2D eigenvalue weighted by atomic mass is 10.2. The third kappa shape index (κ3) is 2.97. The van der Waals surface area contributed by atoms with Crippen LogP contribution in [-0.4, -0.2) is 18.4 Å². The molecule has 0 aromatic carbocycles. The monoisotopic (exact) mass is 337 g/mol. The van der Waals surface area contributed by atoms with Crippen molar-refractivity contribution in [3.8, 4) is 10.4 Å². The van der Waals surface area contributed by atoms with Crippen molar-refractivity contribution in [2.75, 3.05) is 4.72 Å². The predicted molar refractivity (Wildman–Crippen MR) is 85.2 cm³/mol. The molecular weight excluding hydrogens is 326 g/mol. The molecule has 0 radical (unpaired) electrons. The van der Waals surface area contributed by atoms with Gasteiger partial charge in [-0.1, -0.05) is 23.5 Å². The summed E-state index contributed by atoms with van der Waals surface area (Å²) in [7, 11) is -3.55. The maximum absolute atomic E-state index is 12.2. The van der Waals surface area contributed by atoms with Crippen LogP contribution in [0.25, 0.3) is 10.4 Å². The van der Waals surface area contributed by atoms with Crippen LogP contribution in [0.1, 0.15) is 5.69 Å². The summed E-state index contributed by atoms with van der Waals surface area (Å²) in [5.41, 5.74) is 1.70. The van der Waals surface area contributed by atoms with Crippen LogP contribution in [0.15, 0.2) is 46.2 Å². The number of nitrogens with one attached hydrogen (secondary N) is 1. The van der Waals surface area contributed by atoms with Gasteiger partial charge in [0, 0.05) is 18.0 Å². The summed E-state index contributed by atoms with van der Waals surface area (Å²) in [5, 5.41) is 2.09. The second-order valence-corrected chi connectivity index (χ2v) is 8.07. The number of pyridine rings is 1. The van der Waals surface area contributed by atoms with E-state index in [4.69, 9.17) is 0 Å². The van der Waals surface area contributed by atoms with Crippen molar-refractivity contribution in [2.45, 2.75) is 11.1 Å².